The third-order valence-corrected chi connectivity index (χ3v) is 6.94. The van der Waals surface area contributed by atoms with E-state index in [9.17, 15) is 27.9 Å². The number of carbonyl (C=O) groups is 3. The largest absolute Gasteiger partial charge is 0.505 e. The van der Waals surface area contributed by atoms with Gasteiger partial charge < -0.3 is 20.5 Å². The minimum atomic E-state index is -3.73. The van der Waals surface area contributed by atoms with Gasteiger partial charge in [-0.3, -0.25) is 14.4 Å². The van der Waals surface area contributed by atoms with Crippen LogP contribution in [0.3, 0.4) is 0 Å². The van der Waals surface area contributed by atoms with Gasteiger partial charge in [-0.2, -0.15) is 4.31 Å². The summed E-state index contributed by atoms with van der Waals surface area (Å²) in [5.74, 6) is -1.98. The first-order valence-electron chi connectivity index (χ1n) is 10.2. The van der Waals surface area contributed by atoms with Gasteiger partial charge in [0, 0.05) is 31.9 Å². The van der Waals surface area contributed by atoms with E-state index in [1.807, 2.05) is 0 Å². The van der Waals surface area contributed by atoms with Crippen LogP contribution in [0.5, 0.6) is 5.75 Å². The molecule has 1 aromatic heterocycles. The number of nitrogens with one attached hydrogen (secondary N) is 2. The van der Waals surface area contributed by atoms with Gasteiger partial charge in [-0.25, -0.2) is 13.4 Å². The maximum atomic E-state index is 12.9. The molecular weight excluding hydrogens is 464 g/mol. The lowest BCUT2D eigenvalue weighted by Crippen LogP contribution is -2.34. The van der Waals surface area contributed by atoms with Gasteiger partial charge in [0.25, 0.3) is 5.91 Å². The minimum Gasteiger partial charge on any atom is -0.505 e. The number of amides is 2. The average molecular weight is 489 g/mol. The van der Waals surface area contributed by atoms with Crippen molar-refractivity contribution in [2.24, 2.45) is 0 Å². The van der Waals surface area contributed by atoms with Crippen molar-refractivity contribution >= 4 is 39.1 Å². The maximum Gasteiger partial charge on any atom is 0.325 e. The van der Waals surface area contributed by atoms with Crippen LogP contribution >= 0.6 is 0 Å². The quantitative estimate of drug-likeness (QED) is 0.490. The van der Waals surface area contributed by atoms with E-state index in [0.29, 0.717) is 17.7 Å². The first-order valence-corrected chi connectivity index (χ1v) is 11.7. The normalized spacial score (nSPS) is 14.1. The Morgan fingerprint density at radius 1 is 1.21 bits per heavy atom. The SMILES string of the molecule is COC(=O)CNC(=O)c1ncc(C2=CCN(S(=O)(=O)c3ccc(NC(C)=O)cc3)CC2)cc1O. The number of carbonyl (C=O) groups excluding carboxylic acids is 3. The lowest BCUT2D eigenvalue weighted by Gasteiger charge is -2.26. The van der Waals surface area contributed by atoms with Crippen LogP contribution in [0.4, 0.5) is 5.69 Å². The molecular formula is C22H24N4O7S. The number of aromatic nitrogens is 1. The molecule has 0 atom stereocenters. The van der Waals surface area contributed by atoms with Crippen LogP contribution in [0.1, 0.15) is 29.4 Å². The summed E-state index contributed by atoms with van der Waals surface area (Å²) in [4.78, 5) is 38.5. The van der Waals surface area contributed by atoms with Gasteiger partial charge in [0.05, 0.1) is 12.0 Å². The summed E-state index contributed by atoms with van der Waals surface area (Å²) in [6, 6.07) is 7.29. The van der Waals surface area contributed by atoms with Crippen LogP contribution in [0.15, 0.2) is 47.5 Å². The van der Waals surface area contributed by atoms with E-state index in [2.05, 4.69) is 20.4 Å². The van der Waals surface area contributed by atoms with Crippen molar-refractivity contribution in [2.45, 2.75) is 18.2 Å². The second-order valence-electron chi connectivity index (χ2n) is 7.40. The molecule has 34 heavy (non-hydrogen) atoms. The molecule has 0 saturated heterocycles. The average Bonchev–Trinajstić information content (AvgIpc) is 2.82. The standard InChI is InChI=1S/C22H24N4O7S/c1-14(27)25-17-3-5-18(6-4-17)34(31,32)26-9-7-15(8-10-26)16-11-19(28)21(23-12-16)22(30)24-13-20(29)33-2/h3-7,11-12,28H,8-10,13H2,1-2H3,(H,24,30)(H,25,27). The zero-order valence-electron chi connectivity index (χ0n) is 18.6. The molecule has 3 rings (SSSR count). The number of methoxy groups -OCH3 is 1. The van der Waals surface area contributed by atoms with Gasteiger partial charge in [0.2, 0.25) is 15.9 Å². The molecule has 11 nitrogen and oxygen atoms in total. The number of esters is 1. The van der Waals surface area contributed by atoms with Crippen molar-refractivity contribution < 1.29 is 32.6 Å². The lowest BCUT2D eigenvalue weighted by molar-refractivity contribution is -0.139. The monoisotopic (exact) mass is 488 g/mol. The number of hydrogen-bond donors (Lipinski definition) is 3. The molecule has 2 amide bonds. The van der Waals surface area contributed by atoms with Crippen molar-refractivity contribution in [1.29, 1.82) is 0 Å². The Balaban J connectivity index is 1.69. The van der Waals surface area contributed by atoms with Crippen molar-refractivity contribution in [1.82, 2.24) is 14.6 Å². The smallest absolute Gasteiger partial charge is 0.325 e. The lowest BCUT2D eigenvalue weighted by atomic mass is 10.0. The van der Waals surface area contributed by atoms with E-state index >= 15 is 0 Å². The van der Waals surface area contributed by atoms with Crippen LogP contribution in [0, 0.1) is 0 Å². The fourth-order valence-corrected chi connectivity index (χ4v) is 4.69. The Morgan fingerprint density at radius 3 is 2.47 bits per heavy atom. The molecule has 0 radical (unpaired) electrons. The number of aromatic hydroxyl groups is 1. The molecule has 2 aromatic rings. The van der Waals surface area contributed by atoms with Gasteiger partial charge in [0.15, 0.2) is 5.69 Å². The highest BCUT2D eigenvalue weighted by molar-refractivity contribution is 7.89. The zero-order chi connectivity index (χ0) is 24.9. The third kappa shape index (κ3) is 5.77. The van der Waals surface area contributed by atoms with Crippen molar-refractivity contribution in [3.05, 3.63) is 53.9 Å². The van der Waals surface area contributed by atoms with Crippen molar-refractivity contribution in [3.63, 3.8) is 0 Å². The Bertz CT molecular complexity index is 1240. The first kappa shape index (κ1) is 24.9. The maximum absolute atomic E-state index is 12.9. The molecule has 0 bridgehead atoms. The summed E-state index contributed by atoms with van der Waals surface area (Å²) in [7, 11) is -2.55. The number of anilines is 1. The number of ether oxygens (including phenoxy) is 1. The Hall–Kier alpha value is -3.77. The minimum absolute atomic E-state index is 0.111. The zero-order valence-corrected chi connectivity index (χ0v) is 19.4. The van der Waals surface area contributed by atoms with E-state index in [-0.39, 0.29) is 41.9 Å². The molecule has 3 N–H and O–H groups in total. The van der Waals surface area contributed by atoms with Crippen molar-refractivity contribution in [2.75, 3.05) is 32.1 Å². The Labute approximate surface area is 196 Å². The molecule has 1 aliphatic rings. The van der Waals surface area contributed by atoms with Gasteiger partial charge in [-0.15, -0.1) is 0 Å². The van der Waals surface area contributed by atoms with Crippen LogP contribution in [-0.2, 0) is 24.3 Å². The molecule has 2 heterocycles. The summed E-state index contributed by atoms with van der Waals surface area (Å²) in [5, 5.41) is 15.1. The third-order valence-electron chi connectivity index (χ3n) is 5.06. The number of nitrogens with zero attached hydrogens (tertiary/aromatic N) is 2. The predicted octanol–water partition coefficient (Wildman–Crippen LogP) is 1.13. The second kappa shape index (κ2) is 10.4. The summed E-state index contributed by atoms with van der Waals surface area (Å²) in [5.41, 5.74) is 1.59. The van der Waals surface area contributed by atoms with Gasteiger partial charge in [-0.05, 0) is 47.9 Å². The molecule has 180 valence electrons. The Morgan fingerprint density at radius 2 is 1.91 bits per heavy atom. The fourth-order valence-electron chi connectivity index (χ4n) is 3.31. The Kier molecular flexibility index (Phi) is 7.64. The fraction of sp³-hybridized carbons (Fsp3) is 0.273. The van der Waals surface area contributed by atoms with Gasteiger partial charge in [-0.1, -0.05) is 6.08 Å². The van der Waals surface area contributed by atoms with E-state index in [1.54, 1.807) is 6.08 Å². The van der Waals surface area contributed by atoms with E-state index < -0.39 is 21.9 Å². The second-order valence-corrected chi connectivity index (χ2v) is 9.34. The van der Waals surface area contributed by atoms with E-state index in [4.69, 9.17) is 0 Å². The summed E-state index contributed by atoms with van der Waals surface area (Å²) in [6.45, 7) is 1.34. The molecule has 1 aromatic carbocycles. The van der Waals surface area contributed by atoms with Crippen LogP contribution < -0.4 is 10.6 Å². The molecule has 0 saturated carbocycles. The molecule has 0 fully saturated rings. The number of hydrogen-bond acceptors (Lipinski definition) is 8. The number of rotatable bonds is 7. The molecule has 12 heteroatoms. The van der Waals surface area contributed by atoms with Crippen LogP contribution in [0.2, 0.25) is 0 Å². The van der Waals surface area contributed by atoms with Gasteiger partial charge in [0.1, 0.15) is 12.3 Å². The van der Waals surface area contributed by atoms with Crippen LogP contribution in [0.25, 0.3) is 5.57 Å². The highest BCUT2D eigenvalue weighted by Crippen LogP contribution is 2.28. The van der Waals surface area contributed by atoms with E-state index in [1.165, 1.54) is 54.9 Å². The molecule has 0 unspecified atom stereocenters. The topological polar surface area (TPSA) is 155 Å². The predicted molar refractivity (Wildman–Crippen MR) is 122 cm³/mol. The number of benzene rings is 1. The molecule has 0 spiro atoms. The highest BCUT2D eigenvalue weighted by atomic mass is 32.2. The van der Waals surface area contributed by atoms with E-state index in [0.717, 1.165) is 5.57 Å². The highest BCUT2D eigenvalue weighted by Gasteiger charge is 2.27. The van der Waals surface area contributed by atoms with Gasteiger partial charge >= 0.3 is 5.97 Å². The molecule has 0 aliphatic carbocycles. The molecule has 1 aliphatic heterocycles. The first-order chi connectivity index (χ1) is 16.1. The van der Waals surface area contributed by atoms with Crippen molar-refractivity contribution in [3.8, 4) is 5.75 Å². The summed E-state index contributed by atoms with van der Waals surface area (Å²) >= 11 is 0. The van der Waals surface area contributed by atoms with Crippen LogP contribution in [-0.4, -0.2) is 67.3 Å². The number of sulfonamides is 1. The summed E-state index contributed by atoms with van der Waals surface area (Å²) in [6.07, 6.45) is 3.50. The number of pyridine rings is 1. The summed E-state index contributed by atoms with van der Waals surface area (Å²) < 4.78 is 31.7.